The van der Waals surface area contributed by atoms with E-state index in [2.05, 4.69) is 5.32 Å². The second-order valence-electron chi connectivity index (χ2n) is 6.02. The van der Waals surface area contributed by atoms with Gasteiger partial charge < -0.3 is 9.88 Å². The van der Waals surface area contributed by atoms with Crippen LogP contribution < -0.4 is 5.32 Å². The van der Waals surface area contributed by atoms with Crippen LogP contribution in [0.4, 0.5) is 14.5 Å². The summed E-state index contributed by atoms with van der Waals surface area (Å²) < 4.78 is 28.0. The molecule has 0 bridgehead atoms. The predicted molar refractivity (Wildman–Crippen MR) is 86.8 cm³/mol. The van der Waals surface area contributed by atoms with Gasteiger partial charge in [-0.3, -0.25) is 14.4 Å². The number of carbonyl (C=O) groups excluding carboxylic acids is 3. The van der Waals surface area contributed by atoms with E-state index in [1.807, 2.05) is 0 Å². The van der Waals surface area contributed by atoms with E-state index in [0.29, 0.717) is 29.8 Å². The molecule has 0 fully saturated rings. The minimum absolute atomic E-state index is 0.112. The van der Waals surface area contributed by atoms with Gasteiger partial charge in [0.2, 0.25) is 11.6 Å². The number of nitrogens with zero attached hydrogens (tertiary/aromatic N) is 1. The molecule has 0 atom stereocenters. The van der Waals surface area contributed by atoms with Crippen LogP contribution in [0.2, 0.25) is 0 Å². The average molecular weight is 346 g/mol. The number of hydrogen-bond acceptors (Lipinski definition) is 3. The molecule has 2 aromatic rings. The fourth-order valence-corrected chi connectivity index (χ4v) is 3.25. The lowest BCUT2D eigenvalue weighted by molar-refractivity contribution is -0.113. The number of amides is 1. The van der Waals surface area contributed by atoms with Gasteiger partial charge in [0.25, 0.3) is 5.91 Å². The molecule has 3 rings (SSSR count). The van der Waals surface area contributed by atoms with Gasteiger partial charge in [-0.25, -0.2) is 8.78 Å². The van der Waals surface area contributed by atoms with Crippen molar-refractivity contribution < 1.29 is 23.2 Å². The van der Waals surface area contributed by atoms with Gasteiger partial charge in [-0.05, 0) is 37.5 Å². The molecule has 0 saturated carbocycles. The monoisotopic (exact) mass is 346 g/mol. The summed E-state index contributed by atoms with van der Waals surface area (Å²) in [5, 5.41) is 2.52. The van der Waals surface area contributed by atoms with Crippen LogP contribution in [-0.4, -0.2) is 22.0 Å². The van der Waals surface area contributed by atoms with Crippen molar-refractivity contribution >= 4 is 23.2 Å². The lowest BCUT2D eigenvalue weighted by Crippen LogP contribution is -2.16. The standard InChI is InChI=1S/C18H16F2N2O3/c1-9-15(18(25)21-11-5-6-12(19)13(20)8-11)14-4-3-7-22(14)16(9)17(24)10(2)23/h5-6,8H,3-4,7H2,1-2H3,(H,21,25). The van der Waals surface area contributed by atoms with Gasteiger partial charge in [-0.2, -0.15) is 0 Å². The van der Waals surface area contributed by atoms with E-state index in [1.54, 1.807) is 11.5 Å². The summed E-state index contributed by atoms with van der Waals surface area (Å²) in [6, 6.07) is 3.07. The predicted octanol–water partition coefficient (Wildman–Crippen LogP) is 3.04. The third-order valence-corrected chi connectivity index (χ3v) is 4.35. The molecule has 1 aromatic carbocycles. The largest absolute Gasteiger partial charge is 0.341 e. The Hall–Kier alpha value is -2.83. The summed E-state index contributed by atoms with van der Waals surface area (Å²) >= 11 is 0. The third-order valence-electron chi connectivity index (χ3n) is 4.35. The molecule has 0 saturated heterocycles. The third kappa shape index (κ3) is 2.86. The number of halogens is 2. The Morgan fingerprint density at radius 1 is 1.16 bits per heavy atom. The molecule has 1 aromatic heterocycles. The zero-order chi connectivity index (χ0) is 18.3. The molecule has 1 N–H and O–H groups in total. The first kappa shape index (κ1) is 17.0. The van der Waals surface area contributed by atoms with Crippen LogP contribution in [0.25, 0.3) is 0 Å². The molecule has 0 radical (unpaired) electrons. The summed E-state index contributed by atoms with van der Waals surface area (Å²) in [7, 11) is 0. The Balaban J connectivity index is 2.01. The molecule has 0 unspecified atom stereocenters. The van der Waals surface area contributed by atoms with E-state index >= 15 is 0 Å². The Morgan fingerprint density at radius 3 is 2.52 bits per heavy atom. The number of hydrogen-bond donors (Lipinski definition) is 1. The highest BCUT2D eigenvalue weighted by atomic mass is 19.2. The first-order chi connectivity index (χ1) is 11.8. The number of anilines is 1. The Morgan fingerprint density at radius 2 is 1.88 bits per heavy atom. The lowest BCUT2D eigenvalue weighted by atomic mass is 10.0. The molecule has 1 amide bonds. The van der Waals surface area contributed by atoms with Crippen LogP contribution in [0.1, 0.15) is 45.4 Å². The number of Topliss-reactive ketones (excluding diaryl/α,β-unsaturated/α-hetero) is 2. The molecule has 2 heterocycles. The fraction of sp³-hybridized carbons (Fsp3) is 0.278. The smallest absolute Gasteiger partial charge is 0.257 e. The van der Waals surface area contributed by atoms with E-state index in [-0.39, 0.29) is 11.4 Å². The summed E-state index contributed by atoms with van der Waals surface area (Å²) in [5.74, 6) is -3.82. The Bertz CT molecular complexity index is 916. The average Bonchev–Trinajstić information content (AvgIpc) is 3.09. The van der Waals surface area contributed by atoms with Crippen molar-refractivity contribution in [1.82, 2.24) is 4.57 Å². The molecule has 0 aliphatic carbocycles. The van der Waals surface area contributed by atoms with Crippen molar-refractivity contribution in [3.8, 4) is 0 Å². The SMILES string of the molecule is CC(=O)C(=O)c1c(C)c(C(=O)Nc2ccc(F)c(F)c2)c2n1CCC2. The maximum atomic E-state index is 13.3. The van der Waals surface area contributed by atoms with Crippen LogP contribution in [0.15, 0.2) is 18.2 Å². The van der Waals surface area contributed by atoms with Gasteiger partial charge in [-0.15, -0.1) is 0 Å². The van der Waals surface area contributed by atoms with E-state index in [0.717, 1.165) is 18.6 Å². The van der Waals surface area contributed by atoms with E-state index in [4.69, 9.17) is 0 Å². The topological polar surface area (TPSA) is 68.2 Å². The van der Waals surface area contributed by atoms with E-state index in [9.17, 15) is 23.2 Å². The molecule has 25 heavy (non-hydrogen) atoms. The van der Waals surface area contributed by atoms with Gasteiger partial charge in [-0.1, -0.05) is 0 Å². The summed E-state index contributed by atoms with van der Waals surface area (Å²) in [6.07, 6.45) is 1.37. The minimum Gasteiger partial charge on any atom is -0.341 e. The van der Waals surface area contributed by atoms with Gasteiger partial charge >= 0.3 is 0 Å². The van der Waals surface area contributed by atoms with Crippen LogP contribution in [0, 0.1) is 18.6 Å². The normalized spacial score (nSPS) is 12.8. The highest BCUT2D eigenvalue weighted by molar-refractivity contribution is 6.43. The molecule has 130 valence electrons. The molecular formula is C18H16F2N2O3. The second kappa shape index (κ2) is 6.23. The zero-order valence-corrected chi connectivity index (χ0v) is 13.8. The van der Waals surface area contributed by atoms with Crippen molar-refractivity contribution in [3.05, 3.63) is 52.3 Å². The Labute approximate surface area is 142 Å². The number of benzene rings is 1. The summed E-state index contributed by atoms with van der Waals surface area (Å²) in [4.78, 5) is 36.4. The minimum atomic E-state index is -1.07. The first-order valence-electron chi connectivity index (χ1n) is 7.85. The number of rotatable bonds is 4. The molecule has 5 nitrogen and oxygen atoms in total. The number of aromatic nitrogens is 1. The van der Waals surface area contributed by atoms with Crippen molar-refractivity contribution in [2.75, 3.05) is 5.32 Å². The van der Waals surface area contributed by atoms with Crippen LogP contribution in [0.3, 0.4) is 0 Å². The van der Waals surface area contributed by atoms with Crippen LogP contribution in [-0.2, 0) is 17.8 Å². The quantitative estimate of drug-likeness (QED) is 0.683. The van der Waals surface area contributed by atoms with Crippen molar-refractivity contribution in [1.29, 1.82) is 0 Å². The summed E-state index contributed by atoms with van der Waals surface area (Å²) in [5.41, 5.74) is 1.76. The lowest BCUT2D eigenvalue weighted by Gasteiger charge is -2.07. The Kier molecular flexibility index (Phi) is 4.24. The first-order valence-corrected chi connectivity index (χ1v) is 7.85. The molecular weight excluding hydrogens is 330 g/mol. The van der Waals surface area contributed by atoms with Crippen LogP contribution >= 0.6 is 0 Å². The second-order valence-corrected chi connectivity index (χ2v) is 6.02. The van der Waals surface area contributed by atoms with Gasteiger partial charge in [0.05, 0.1) is 11.3 Å². The van der Waals surface area contributed by atoms with Crippen LogP contribution in [0.5, 0.6) is 0 Å². The van der Waals surface area contributed by atoms with Crippen molar-refractivity contribution in [2.45, 2.75) is 33.2 Å². The highest BCUT2D eigenvalue weighted by Gasteiger charge is 2.31. The zero-order valence-electron chi connectivity index (χ0n) is 13.8. The summed E-state index contributed by atoms with van der Waals surface area (Å²) in [6.45, 7) is 3.36. The number of ketones is 2. The van der Waals surface area contributed by atoms with Crippen molar-refractivity contribution in [3.63, 3.8) is 0 Å². The van der Waals surface area contributed by atoms with Gasteiger partial charge in [0, 0.05) is 30.9 Å². The maximum Gasteiger partial charge on any atom is 0.257 e. The molecule has 0 spiro atoms. The number of fused-ring (bicyclic) bond motifs is 1. The number of nitrogens with one attached hydrogen (secondary N) is 1. The molecule has 7 heteroatoms. The molecule has 1 aliphatic heterocycles. The van der Waals surface area contributed by atoms with Gasteiger partial charge in [0.1, 0.15) is 0 Å². The van der Waals surface area contributed by atoms with E-state index in [1.165, 1.54) is 13.0 Å². The van der Waals surface area contributed by atoms with Crippen molar-refractivity contribution in [2.24, 2.45) is 0 Å². The molecule has 1 aliphatic rings. The highest BCUT2D eigenvalue weighted by Crippen LogP contribution is 2.30. The van der Waals surface area contributed by atoms with Gasteiger partial charge in [0.15, 0.2) is 11.6 Å². The fourth-order valence-electron chi connectivity index (χ4n) is 3.25. The maximum absolute atomic E-state index is 13.3. The van der Waals surface area contributed by atoms with E-state index < -0.39 is 29.1 Å². The number of carbonyl (C=O) groups is 3.